The number of ether oxygens (including phenoxy) is 1. The number of nitrogens with two attached hydrogens (primary N) is 1. The van der Waals surface area contributed by atoms with E-state index in [1.807, 2.05) is 0 Å². The molecule has 58 valence electrons. The van der Waals surface area contributed by atoms with Crippen molar-refractivity contribution in [2.75, 3.05) is 6.54 Å². The van der Waals surface area contributed by atoms with Gasteiger partial charge in [-0.2, -0.15) is 0 Å². The van der Waals surface area contributed by atoms with Gasteiger partial charge in [-0.3, -0.25) is 0 Å². The minimum Gasteiger partial charge on any atom is -0.388 e. The average molecular weight is 145 g/mol. The molecule has 0 aromatic carbocycles. The molecule has 0 spiro atoms. The van der Waals surface area contributed by atoms with E-state index in [-0.39, 0.29) is 12.5 Å². The fraction of sp³-hybridized carbons (Fsp3) is 1.00. The molecule has 1 fully saturated rings. The van der Waals surface area contributed by atoms with Gasteiger partial charge < -0.3 is 20.7 Å². The summed E-state index contributed by atoms with van der Waals surface area (Å²) in [5.41, 5.74) is 5.25. The third-order valence-corrected chi connectivity index (χ3v) is 1.83. The Balaban J connectivity index is 2.53. The lowest BCUT2D eigenvalue weighted by atomic mass is 9.93. The largest absolute Gasteiger partial charge is 0.388 e. The van der Waals surface area contributed by atoms with Gasteiger partial charge in [-0.1, -0.05) is 0 Å². The molecule has 0 aromatic heterocycles. The van der Waals surface area contributed by atoms with Gasteiger partial charge in [0.2, 0.25) is 0 Å². The van der Waals surface area contributed by atoms with Crippen molar-refractivity contribution < 1.29 is 14.9 Å². The minimum atomic E-state index is -0.819. The molecule has 0 aromatic rings. The van der Waals surface area contributed by atoms with Crippen LogP contribution in [0.5, 0.6) is 0 Å². The maximum absolute atomic E-state index is 9.17. The number of aliphatic hydroxyl groups excluding tert-OH is 2. The fourth-order valence-electron chi connectivity index (χ4n) is 1.13. The summed E-state index contributed by atoms with van der Waals surface area (Å²) >= 11 is 0. The monoisotopic (exact) mass is 145 g/mol. The zero-order valence-corrected chi connectivity index (χ0v) is 5.90. The van der Waals surface area contributed by atoms with Gasteiger partial charge in [0.05, 0.1) is 12.1 Å². The predicted molar refractivity (Wildman–Crippen MR) is 38.3 cm³/mol. The maximum Gasteiger partial charge on any atom is 0.142 e. The molecule has 0 radical (unpaired) electrons. The average Bonchev–Trinajstić information content (AvgIpc) is 2.17. The number of rotatable bonds is 1. The van der Waals surface area contributed by atoms with Crippen LogP contribution in [-0.2, 0) is 4.74 Å². The molecule has 1 saturated heterocycles. The highest BCUT2D eigenvalue weighted by molar-refractivity contribution is 6.11. The van der Waals surface area contributed by atoms with E-state index >= 15 is 0 Å². The first-order valence-corrected chi connectivity index (χ1v) is 3.38. The predicted octanol–water partition coefficient (Wildman–Crippen LogP) is -2.98. The second-order valence-corrected chi connectivity index (χ2v) is 2.60. The van der Waals surface area contributed by atoms with Crippen LogP contribution in [-0.4, -0.2) is 48.9 Å². The molecular weight excluding hydrogens is 133 g/mol. The smallest absolute Gasteiger partial charge is 0.142 e. The molecule has 4 atom stereocenters. The van der Waals surface area contributed by atoms with Crippen molar-refractivity contribution in [2.45, 2.75) is 24.3 Å². The molecule has 1 aliphatic heterocycles. The van der Waals surface area contributed by atoms with Gasteiger partial charge in [0.15, 0.2) is 0 Å². The zero-order chi connectivity index (χ0) is 7.72. The van der Waals surface area contributed by atoms with Gasteiger partial charge in [0.25, 0.3) is 0 Å². The van der Waals surface area contributed by atoms with Crippen molar-refractivity contribution in [3.8, 4) is 0 Å². The van der Waals surface area contributed by atoms with Crippen molar-refractivity contribution in [3.05, 3.63) is 0 Å². The fourth-order valence-corrected chi connectivity index (χ4v) is 1.13. The van der Waals surface area contributed by atoms with Gasteiger partial charge >= 0.3 is 0 Å². The van der Waals surface area contributed by atoms with Crippen molar-refractivity contribution in [3.63, 3.8) is 0 Å². The standard InChI is InChI=1S/C5H12BNO3/c6-5-4(9)3(8)2(1-7)10-5/h2-5,8-9H,1,6-7H2/t2?,3-,4-,5?/m1/s1. The van der Waals surface area contributed by atoms with E-state index in [2.05, 4.69) is 0 Å². The first-order chi connectivity index (χ1) is 4.66. The third kappa shape index (κ3) is 1.18. The van der Waals surface area contributed by atoms with Gasteiger partial charge in [-0.15, -0.1) is 0 Å². The van der Waals surface area contributed by atoms with Crippen LogP contribution in [0.2, 0.25) is 0 Å². The van der Waals surface area contributed by atoms with Gasteiger partial charge in [-0.05, 0) is 0 Å². The van der Waals surface area contributed by atoms with Crippen molar-refractivity contribution in [2.24, 2.45) is 5.73 Å². The summed E-state index contributed by atoms with van der Waals surface area (Å²) in [5, 5.41) is 18.3. The van der Waals surface area contributed by atoms with Gasteiger partial charge in [0.1, 0.15) is 20.1 Å². The molecule has 0 saturated carbocycles. The first kappa shape index (κ1) is 8.01. The number of hydrogen-bond donors (Lipinski definition) is 3. The van der Waals surface area contributed by atoms with E-state index in [9.17, 15) is 5.11 Å². The molecule has 10 heavy (non-hydrogen) atoms. The van der Waals surface area contributed by atoms with E-state index in [1.165, 1.54) is 0 Å². The van der Waals surface area contributed by atoms with Crippen molar-refractivity contribution in [1.82, 2.24) is 0 Å². The molecule has 4 N–H and O–H groups in total. The van der Waals surface area contributed by atoms with Crippen LogP contribution in [0, 0.1) is 0 Å². The van der Waals surface area contributed by atoms with E-state index < -0.39 is 18.3 Å². The Morgan fingerprint density at radius 2 is 2.00 bits per heavy atom. The quantitative estimate of drug-likeness (QED) is 0.344. The Labute approximate surface area is 60.4 Å². The van der Waals surface area contributed by atoms with E-state index in [0.717, 1.165) is 0 Å². The molecule has 2 unspecified atom stereocenters. The highest BCUT2D eigenvalue weighted by Gasteiger charge is 2.38. The van der Waals surface area contributed by atoms with Crippen LogP contribution in [0.25, 0.3) is 0 Å². The Morgan fingerprint density at radius 1 is 1.40 bits per heavy atom. The summed E-state index contributed by atoms with van der Waals surface area (Å²) in [7, 11) is 1.71. The van der Waals surface area contributed by atoms with Crippen molar-refractivity contribution >= 4 is 7.85 Å². The summed E-state index contributed by atoms with van der Waals surface area (Å²) in [4.78, 5) is 0. The van der Waals surface area contributed by atoms with Crippen LogP contribution in [0.3, 0.4) is 0 Å². The second kappa shape index (κ2) is 2.88. The zero-order valence-electron chi connectivity index (χ0n) is 5.90. The molecular formula is C5H12BNO3. The Morgan fingerprint density at radius 3 is 2.20 bits per heavy atom. The lowest BCUT2D eigenvalue weighted by Gasteiger charge is -2.11. The Bertz CT molecular complexity index is 123. The van der Waals surface area contributed by atoms with E-state index in [4.69, 9.17) is 15.6 Å². The normalized spacial score (nSPS) is 47.9. The van der Waals surface area contributed by atoms with E-state index in [1.54, 1.807) is 7.85 Å². The van der Waals surface area contributed by atoms with Crippen LogP contribution >= 0.6 is 0 Å². The molecule has 0 amide bonds. The lowest BCUT2D eigenvalue weighted by molar-refractivity contribution is 0.0273. The molecule has 0 aliphatic carbocycles. The molecule has 1 aliphatic rings. The minimum absolute atomic E-state index is 0.253. The van der Waals surface area contributed by atoms with Crippen LogP contribution in [0.4, 0.5) is 0 Å². The molecule has 1 rings (SSSR count). The highest BCUT2D eigenvalue weighted by Crippen LogP contribution is 2.17. The van der Waals surface area contributed by atoms with Gasteiger partial charge in [0, 0.05) is 6.54 Å². The summed E-state index contributed by atoms with van der Waals surface area (Å²) in [6, 6.07) is -0.302. The molecule has 4 nitrogen and oxygen atoms in total. The molecule has 1 heterocycles. The van der Waals surface area contributed by atoms with Crippen LogP contribution in [0.15, 0.2) is 0 Å². The van der Waals surface area contributed by atoms with Crippen molar-refractivity contribution in [1.29, 1.82) is 0 Å². The molecule has 5 heteroatoms. The maximum atomic E-state index is 9.17. The highest BCUT2D eigenvalue weighted by atomic mass is 16.5. The second-order valence-electron chi connectivity index (χ2n) is 2.60. The Kier molecular flexibility index (Phi) is 2.30. The number of aliphatic hydroxyl groups is 2. The SMILES string of the molecule is BC1OC(CN)[C@@H](O)[C@H]1O. The first-order valence-electron chi connectivity index (χ1n) is 3.38. The molecule has 0 bridgehead atoms. The summed E-state index contributed by atoms with van der Waals surface area (Å²) in [5.74, 6) is 0. The lowest BCUT2D eigenvalue weighted by Crippen LogP contribution is -2.35. The Hall–Kier alpha value is -0.0951. The van der Waals surface area contributed by atoms with Crippen LogP contribution in [0.1, 0.15) is 0 Å². The third-order valence-electron chi connectivity index (χ3n) is 1.83. The number of hydrogen-bond acceptors (Lipinski definition) is 4. The van der Waals surface area contributed by atoms with Crippen LogP contribution < -0.4 is 5.73 Å². The summed E-state index contributed by atoms with van der Waals surface area (Å²) in [6.07, 6.45) is -2.00. The summed E-state index contributed by atoms with van der Waals surface area (Å²) < 4.78 is 5.11. The van der Waals surface area contributed by atoms with Gasteiger partial charge in [-0.25, -0.2) is 0 Å². The topological polar surface area (TPSA) is 75.7 Å². The van der Waals surface area contributed by atoms with E-state index in [0.29, 0.717) is 0 Å². The summed E-state index contributed by atoms with van der Waals surface area (Å²) in [6.45, 7) is 0.253.